The second kappa shape index (κ2) is 5.61. The highest BCUT2D eigenvalue weighted by Crippen LogP contribution is 2.30. The Morgan fingerprint density at radius 1 is 1.06 bits per heavy atom. The molecule has 2 rings (SSSR count). The van der Waals surface area contributed by atoms with Crippen LogP contribution in [0.1, 0.15) is 18.1 Å². The first kappa shape index (κ1) is 13.2. The highest BCUT2D eigenvalue weighted by Gasteiger charge is 2.19. The third-order valence-electron chi connectivity index (χ3n) is 3.10. The van der Waals surface area contributed by atoms with Gasteiger partial charge in [0.05, 0.1) is 6.10 Å². The minimum Gasteiger partial charge on any atom is -0.398 e. The van der Waals surface area contributed by atoms with Crippen LogP contribution in [0.5, 0.6) is 0 Å². The van der Waals surface area contributed by atoms with E-state index in [1.54, 1.807) is 0 Å². The van der Waals surface area contributed by atoms with E-state index in [1.807, 2.05) is 36.4 Å². The van der Waals surface area contributed by atoms with Crippen LogP contribution >= 0.6 is 12.6 Å². The zero-order valence-electron chi connectivity index (χ0n) is 9.95. The smallest absolute Gasteiger partial charge is 0.105 e. The maximum atomic E-state index is 10.2. The van der Waals surface area contributed by atoms with Crippen molar-refractivity contribution in [2.45, 2.75) is 18.6 Å². The number of anilines is 1. The van der Waals surface area contributed by atoms with Gasteiger partial charge in [-0.15, -0.1) is 0 Å². The van der Waals surface area contributed by atoms with Gasteiger partial charge in [-0.25, -0.2) is 0 Å². The van der Waals surface area contributed by atoms with Gasteiger partial charge in [-0.2, -0.15) is 12.6 Å². The Morgan fingerprint density at radius 3 is 2.44 bits per heavy atom. The summed E-state index contributed by atoms with van der Waals surface area (Å²) >= 11 is 4.07. The van der Waals surface area contributed by atoms with Crippen LogP contribution < -0.4 is 5.73 Å². The van der Waals surface area contributed by atoms with Crippen molar-refractivity contribution in [1.82, 2.24) is 0 Å². The summed E-state index contributed by atoms with van der Waals surface area (Å²) in [6.07, 6.45) is -1.28. The second-order valence-corrected chi connectivity index (χ2v) is 4.76. The Balaban J connectivity index is 2.48. The van der Waals surface area contributed by atoms with Gasteiger partial charge in [0.1, 0.15) is 6.10 Å². The Morgan fingerprint density at radius 2 is 1.72 bits per heavy atom. The number of fused-ring (bicyclic) bond motifs is 1. The molecule has 2 aromatic rings. The fourth-order valence-corrected chi connectivity index (χ4v) is 2.38. The van der Waals surface area contributed by atoms with Crippen molar-refractivity contribution in [2.75, 3.05) is 11.5 Å². The van der Waals surface area contributed by atoms with Gasteiger partial charge in [-0.3, -0.25) is 0 Å². The minimum absolute atomic E-state index is 0.447. The molecular weight excluding hydrogens is 246 g/mol. The molecule has 0 bridgehead atoms. The number of thiol groups is 1. The lowest BCUT2D eigenvalue weighted by atomic mass is 9.96. The molecule has 18 heavy (non-hydrogen) atoms. The first-order valence-electron chi connectivity index (χ1n) is 5.89. The van der Waals surface area contributed by atoms with Crippen molar-refractivity contribution in [2.24, 2.45) is 0 Å². The van der Waals surface area contributed by atoms with Gasteiger partial charge in [0.2, 0.25) is 0 Å². The largest absolute Gasteiger partial charge is 0.398 e. The lowest BCUT2D eigenvalue weighted by molar-refractivity contribution is 0.0181. The molecule has 0 aliphatic rings. The average Bonchev–Trinajstić information content (AvgIpc) is 2.38. The summed E-state index contributed by atoms with van der Waals surface area (Å²) in [7, 11) is 0. The van der Waals surface area contributed by atoms with E-state index < -0.39 is 12.2 Å². The fraction of sp³-hybridized carbons (Fsp3) is 0.286. The molecule has 0 saturated heterocycles. The second-order valence-electron chi connectivity index (χ2n) is 4.31. The van der Waals surface area contributed by atoms with Gasteiger partial charge in [-0.05, 0) is 29.2 Å². The monoisotopic (exact) mass is 263 g/mol. The van der Waals surface area contributed by atoms with Crippen LogP contribution in [0.4, 0.5) is 5.69 Å². The minimum atomic E-state index is -0.914. The van der Waals surface area contributed by atoms with E-state index in [0.717, 1.165) is 10.8 Å². The fourth-order valence-electron chi connectivity index (χ4n) is 2.11. The lowest BCUT2D eigenvalue weighted by Gasteiger charge is -2.19. The molecule has 0 aliphatic carbocycles. The van der Waals surface area contributed by atoms with Gasteiger partial charge < -0.3 is 15.9 Å². The van der Waals surface area contributed by atoms with E-state index in [1.165, 1.54) is 0 Å². The third kappa shape index (κ3) is 2.46. The van der Waals surface area contributed by atoms with Gasteiger partial charge in [0, 0.05) is 11.1 Å². The van der Waals surface area contributed by atoms with E-state index >= 15 is 0 Å². The number of nitrogens with two attached hydrogens (primary N) is 1. The van der Waals surface area contributed by atoms with Gasteiger partial charge >= 0.3 is 0 Å². The quantitative estimate of drug-likeness (QED) is 0.505. The lowest BCUT2D eigenvalue weighted by Crippen LogP contribution is -2.19. The van der Waals surface area contributed by atoms with Crippen LogP contribution in [0, 0.1) is 0 Å². The summed E-state index contributed by atoms with van der Waals surface area (Å²) in [5, 5.41) is 21.8. The zero-order valence-corrected chi connectivity index (χ0v) is 10.8. The number of benzene rings is 2. The number of aliphatic hydroxyl groups is 2. The van der Waals surface area contributed by atoms with Gasteiger partial charge in [0.25, 0.3) is 0 Å². The van der Waals surface area contributed by atoms with Crippen molar-refractivity contribution in [3.63, 3.8) is 0 Å². The van der Waals surface area contributed by atoms with Crippen molar-refractivity contribution in [3.05, 3.63) is 42.0 Å². The predicted octanol–water partition coefficient (Wildman–Crippen LogP) is 2.14. The Labute approximate surface area is 112 Å². The van der Waals surface area contributed by atoms with Crippen LogP contribution in [0.2, 0.25) is 0 Å². The number of aliphatic hydroxyl groups excluding tert-OH is 2. The zero-order chi connectivity index (χ0) is 13.1. The molecule has 96 valence electrons. The number of rotatable bonds is 4. The maximum absolute atomic E-state index is 10.2. The highest BCUT2D eigenvalue weighted by molar-refractivity contribution is 7.80. The molecule has 2 atom stereocenters. The molecule has 0 fully saturated rings. The summed E-state index contributed by atoms with van der Waals surface area (Å²) < 4.78 is 0. The summed E-state index contributed by atoms with van der Waals surface area (Å²) in [4.78, 5) is 0. The predicted molar refractivity (Wildman–Crippen MR) is 77.8 cm³/mol. The Kier molecular flexibility index (Phi) is 4.11. The topological polar surface area (TPSA) is 66.5 Å². The third-order valence-corrected chi connectivity index (χ3v) is 3.36. The molecule has 2 unspecified atom stereocenters. The van der Waals surface area contributed by atoms with Crippen LogP contribution in [-0.4, -0.2) is 22.1 Å². The van der Waals surface area contributed by atoms with E-state index in [9.17, 15) is 10.2 Å². The van der Waals surface area contributed by atoms with Crippen molar-refractivity contribution in [1.29, 1.82) is 0 Å². The summed E-state index contributed by atoms with van der Waals surface area (Å²) in [6, 6.07) is 11.1. The Hall–Kier alpha value is -1.23. The van der Waals surface area contributed by atoms with Crippen molar-refractivity contribution >= 4 is 29.1 Å². The van der Waals surface area contributed by atoms with E-state index in [4.69, 9.17) is 5.73 Å². The highest BCUT2D eigenvalue weighted by atomic mass is 32.1. The number of hydrogen-bond donors (Lipinski definition) is 4. The Bertz CT molecular complexity index is 544. The molecule has 4 N–H and O–H groups in total. The molecule has 0 heterocycles. The molecule has 0 radical (unpaired) electrons. The molecule has 2 aromatic carbocycles. The van der Waals surface area contributed by atoms with Crippen molar-refractivity contribution < 1.29 is 10.2 Å². The molecule has 3 nitrogen and oxygen atoms in total. The summed E-state index contributed by atoms with van der Waals surface area (Å²) in [6.45, 7) is 0. The average molecular weight is 263 g/mol. The van der Waals surface area contributed by atoms with Gasteiger partial charge in [0.15, 0.2) is 0 Å². The van der Waals surface area contributed by atoms with Crippen LogP contribution in [-0.2, 0) is 0 Å². The summed E-state index contributed by atoms with van der Waals surface area (Å²) in [5.74, 6) is 0.533. The van der Waals surface area contributed by atoms with Crippen molar-refractivity contribution in [3.8, 4) is 0 Å². The van der Waals surface area contributed by atoms with Crippen LogP contribution in [0.3, 0.4) is 0 Å². The maximum Gasteiger partial charge on any atom is 0.105 e. The SMILES string of the molecule is Nc1cccc2c(C(O)C(O)CCS)cccc12. The normalized spacial score (nSPS) is 14.6. The molecule has 0 aromatic heterocycles. The number of nitrogen functional groups attached to an aromatic ring is 1. The standard InChI is InChI=1S/C14H17NO2S/c15-12-6-2-3-9-10(12)4-1-5-11(9)14(17)13(16)7-8-18/h1-6,13-14,16-18H,7-8,15H2. The van der Waals surface area contributed by atoms with E-state index in [2.05, 4.69) is 12.6 Å². The molecule has 4 heteroatoms. The molecule has 0 saturated carbocycles. The molecule has 0 aliphatic heterocycles. The van der Waals surface area contributed by atoms with Crippen LogP contribution in [0.25, 0.3) is 10.8 Å². The van der Waals surface area contributed by atoms with E-state index in [0.29, 0.717) is 23.4 Å². The molecule has 0 amide bonds. The van der Waals surface area contributed by atoms with E-state index in [-0.39, 0.29) is 0 Å². The molecule has 0 spiro atoms. The van der Waals surface area contributed by atoms with Gasteiger partial charge in [-0.1, -0.05) is 30.3 Å². The summed E-state index contributed by atoms with van der Waals surface area (Å²) in [5.41, 5.74) is 7.28. The van der Waals surface area contributed by atoms with Crippen LogP contribution in [0.15, 0.2) is 36.4 Å². The molecular formula is C14H17NO2S. The first-order valence-corrected chi connectivity index (χ1v) is 6.52. The first-order chi connectivity index (χ1) is 8.65. The number of hydrogen-bond acceptors (Lipinski definition) is 4.